The summed E-state index contributed by atoms with van der Waals surface area (Å²) in [4.78, 5) is 40.9. The van der Waals surface area contributed by atoms with Gasteiger partial charge in [-0.2, -0.15) is 10.1 Å². The summed E-state index contributed by atoms with van der Waals surface area (Å²) in [5, 5.41) is 21.5. The number of aliphatic carboxylic acids is 1. The third-order valence-corrected chi connectivity index (χ3v) is 4.37. The first-order valence-corrected chi connectivity index (χ1v) is 8.66. The van der Waals surface area contributed by atoms with E-state index in [9.17, 15) is 19.5 Å². The molecule has 2 rings (SSSR count). The fourth-order valence-electron chi connectivity index (χ4n) is 2.84. The summed E-state index contributed by atoms with van der Waals surface area (Å²) in [5.41, 5.74) is 10.3. The number of ether oxygens (including phenoxy) is 1. The Hall–Kier alpha value is -3.80. The fraction of sp³-hybridized carbons (Fsp3) is 0.316. The van der Waals surface area contributed by atoms with E-state index in [2.05, 4.69) is 21.2 Å². The molecule has 1 aromatic carbocycles. The monoisotopic (exact) mass is 397 g/mol. The lowest BCUT2D eigenvalue weighted by Crippen LogP contribution is -2.46. The van der Waals surface area contributed by atoms with Crippen molar-refractivity contribution in [3.8, 4) is 6.07 Å². The number of carbonyl (C=O) groups is 3. The predicted molar refractivity (Wildman–Crippen MR) is 101 cm³/mol. The number of benzene rings is 1. The van der Waals surface area contributed by atoms with Gasteiger partial charge < -0.3 is 25.7 Å². The van der Waals surface area contributed by atoms with Crippen molar-refractivity contribution in [3.63, 3.8) is 0 Å². The number of hydrogen-bond acceptors (Lipinski definition) is 5. The van der Waals surface area contributed by atoms with Crippen LogP contribution in [-0.4, -0.2) is 58.0 Å². The maximum atomic E-state index is 12.5. The summed E-state index contributed by atoms with van der Waals surface area (Å²) in [6.07, 6.45) is 1.17. The van der Waals surface area contributed by atoms with Gasteiger partial charge in [-0.15, -0.1) is 0 Å². The van der Waals surface area contributed by atoms with Crippen molar-refractivity contribution < 1.29 is 29.0 Å². The highest BCUT2D eigenvalue weighted by molar-refractivity contribution is 6.25. The molecule has 10 heteroatoms. The molecule has 10 nitrogen and oxygen atoms in total. The number of carboxylic acid groups (broad SMARTS) is 1. The van der Waals surface area contributed by atoms with Crippen LogP contribution in [0.4, 0.5) is 0 Å². The molecule has 0 bridgehead atoms. The van der Waals surface area contributed by atoms with Crippen LogP contribution in [0.15, 0.2) is 24.4 Å². The molecule has 1 amide bonds. The Kier molecular flexibility index (Phi) is 7.37. The van der Waals surface area contributed by atoms with Gasteiger partial charge in [0.05, 0.1) is 11.6 Å². The number of nitriles is 1. The number of aromatic amines is 1. The van der Waals surface area contributed by atoms with Crippen molar-refractivity contribution in [2.45, 2.75) is 31.4 Å². The summed E-state index contributed by atoms with van der Waals surface area (Å²) < 4.78 is 5.23. The number of Topliss-reactive ketones (excluding diaryl/α,β-unsaturated/α-hetero) is 1. The van der Waals surface area contributed by atoms with Gasteiger partial charge in [-0.3, -0.25) is 9.59 Å². The zero-order valence-electron chi connectivity index (χ0n) is 15.6. The van der Waals surface area contributed by atoms with Crippen LogP contribution in [0.5, 0.6) is 0 Å². The molecular weight excluding hydrogens is 378 g/mol. The molecule has 0 fully saturated rings. The van der Waals surface area contributed by atoms with Gasteiger partial charge in [-0.25, -0.2) is 4.79 Å². The molecule has 2 unspecified atom stereocenters. The lowest BCUT2D eigenvalue weighted by molar-refractivity contribution is -0.144. The Morgan fingerprint density at radius 2 is 2.21 bits per heavy atom. The zero-order valence-corrected chi connectivity index (χ0v) is 15.6. The van der Waals surface area contributed by atoms with Crippen LogP contribution >= 0.6 is 0 Å². The van der Waals surface area contributed by atoms with Crippen LogP contribution < -0.4 is 5.32 Å². The Morgan fingerprint density at radius 3 is 2.83 bits per heavy atom. The van der Waals surface area contributed by atoms with E-state index in [0.29, 0.717) is 11.8 Å². The van der Waals surface area contributed by atoms with Gasteiger partial charge in [0.1, 0.15) is 12.1 Å². The molecule has 0 spiro atoms. The highest BCUT2D eigenvalue weighted by atomic mass is 16.5. The molecule has 0 saturated carbocycles. The van der Waals surface area contributed by atoms with Gasteiger partial charge >= 0.3 is 12.2 Å². The van der Waals surface area contributed by atoms with Crippen LogP contribution in [-0.2, 0) is 25.5 Å². The second kappa shape index (κ2) is 9.94. The second-order valence-corrected chi connectivity index (χ2v) is 6.26. The molecule has 0 aliphatic heterocycles. The maximum absolute atomic E-state index is 12.5. The van der Waals surface area contributed by atoms with Crippen LogP contribution in [0, 0.1) is 11.3 Å². The summed E-state index contributed by atoms with van der Waals surface area (Å²) in [7, 11) is 1.33. The third kappa shape index (κ3) is 5.59. The molecule has 2 aromatic rings. The molecule has 1 aromatic heterocycles. The van der Waals surface area contributed by atoms with E-state index in [1.807, 2.05) is 0 Å². The number of hydrogen-bond donors (Lipinski definition) is 3. The van der Waals surface area contributed by atoms with Gasteiger partial charge in [0.15, 0.2) is 0 Å². The number of carboxylic acids is 1. The van der Waals surface area contributed by atoms with Gasteiger partial charge in [0.25, 0.3) is 0 Å². The number of rotatable bonds is 10. The number of nitrogens with one attached hydrogen (secondary N) is 2. The number of nitrogens with zero attached hydrogens (tertiary/aromatic N) is 3. The molecule has 0 aliphatic carbocycles. The largest absolute Gasteiger partial charge is 0.480 e. The number of aromatic nitrogens is 1. The van der Waals surface area contributed by atoms with E-state index in [4.69, 9.17) is 15.5 Å². The van der Waals surface area contributed by atoms with E-state index >= 15 is 0 Å². The first-order chi connectivity index (χ1) is 13.9. The topological polar surface area (TPSA) is 169 Å². The quantitative estimate of drug-likeness (QED) is 0.304. The lowest BCUT2D eigenvalue weighted by atomic mass is 10.0. The van der Waals surface area contributed by atoms with E-state index in [1.54, 1.807) is 24.4 Å². The molecule has 0 aliphatic rings. The van der Waals surface area contributed by atoms with Gasteiger partial charge in [0.2, 0.25) is 11.7 Å². The number of carbonyl (C=O) groups excluding carboxylic acids is 2. The molecule has 0 radical (unpaired) electrons. The summed E-state index contributed by atoms with van der Waals surface area (Å²) >= 11 is 0. The van der Waals surface area contributed by atoms with Crippen molar-refractivity contribution in [2.75, 3.05) is 7.11 Å². The first kappa shape index (κ1) is 21.5. The van der Waals surface area contributed by atoms with Crippen LogP contribution in [0.2, 0.25) is 0 Å². The molecule has 2 atom stereocenters. The minimum absolute atomic E-state index is 0.152. The zero-order chi connectivity index (χ0) is 21.4. The normalized spacial score (nSPS) is 12.4. The maximum Gasteiger partial charge on any atom is 0.326 e. The molecule has 3 N–H and O–H groups in total. The standard InChI is InChI=1S/C19H19N5O5/c1-29-17(7-12-9-22-15-4-2-11(8-20)6-14(12)15)18(26)24-16(19(27)28)5-3-13(25)10-23-21/h2,4,6,9-10,16-17,22H,3,5,7H2,1H3,(H,24,26)(H,27,28). The van der Waals surface area contributed by atoms with Gasteiger partial charge in [-0.1, -0.05) is 0 Å². The summed E-state index contributed by atoms with van der Waals surface area (Å²) in [6, 6.07) is 5.87. The smallest absolute Gasteiger partial charge is 0.326 e. The average Bonchev–Trinajstić information content (AvgIpc) is 3.10. The van der Waals surface area contributed by atoms with Crippen LogP contribution in [0.1, 0.15) is 24.0 Å². The van der Waals surface area contributed by atoms with Crippen LogP contribution in [0.3, 0.4) is 0 Å². The second-order valence-electron chi connectivity index (χ2n) is 6.26. The molecule has 29 heavy (non-hydrogen) atoms. The summed E-state index contributed by atoms with van der Waals surface area (Å²) in [5.74, 6) is -2.51. The number of methoxy groups -OCH3 is 1. The van der Waals surface area contributed by atoms with E-state index in [-0.39, 0.29) is 19.3 Å². The Balaban J connectivity index is 2.11. The first-order valence-electron chi connectivity index (χ1n) is 8.66. The SMILES string of the molecule is COC(Cc1c[nH]c2ccc(C#N)cc12)C(=O)NC(CCC(=O)C=[N+]=[N-])C(=O)O. The van der Waals surface area contributed by atoms with E-state index in [0.717, 1.165) is 16.5 Å². The molecule has 150 valence electrons. The Bertz CT molecular complexity index is 1020. The van der Waals surface area contributed by atoms with Gasteiger partial charge in [0, 0.05) is 37.1 Å². The van der Waals surface area contributed by atoms with Crippen LogP contribution in [0.25, 0.3) is 16.4 Å². The average molecular weight is 397 g/mol. The lowest BCUT2D eigenvalue weighted by Gasteiger charge is -2.19. The highest BCUT2D eigenvalue weighted by Crippen LogP contribution is 2.21. The van der Waals surface area contributed by atoms with Crippen molar-refractivity contribution in [1.82, 2.24) is 10.3 Å². The third-order valence-electron chi connectivity index (χ3n) is 4.37. The van der Waals surface area contributed by atoms with Crippen molar-refractivity contribution in [2.24, 2.45) is 0 Å². The molecular formula is C19H19N5O5. The van der Waals surface area contributed by atoms with Crippen molar-refractivity contribution >= 4 is 34.8 Å². The molecule has 1 heterocycles. The van der Waals surface area contributed by atoms with E-state index in [1.165, 1.54) is 7.11 Å². The Morgan fingerprint density at radius 1 is 1.45 bits per heavy atom. The van der Waals surface area contributed by atoms with Crippen molar-refractivity contribution in [3.05, 3.63) is 41.1 Å². The fourth-order valence-corrected chi connectivity index (χ4v) is 2.84. The number of amides is 1. The number of ketones is 1. The minimum Gasteiger partial charge on any atom is -0.480 e. The predicted octanol–water partition coefficient (Wildman–Crippen LogP) is 0.816. The minimum atomic E-state index is -1.30. The Labute approximate surface area is 165 Å². The van der Waals surface area contributed by atoms with E-state index < -0.39 is 29.8 Å². The molecule has 0 saturated heterocycles. The van der Waals surface area contributed by atoms with Crippen molar-refractivity contribution in [1.29, 1.82) is 5.26 Å². The number of fused-ring (bicyclic) bond motifs is 1. The number of H-pyrrole nitrogens is 1. The highest BCUT2D eigenvalue weighted by Gasteiger charge is 2.26. The summed E-state index contributed by atoms with van der Waals surface area (Å²) in [6.45, 7) is 0. The van der Waals surface area contributed by atoms with Gasteiger partial charge in [-0.05, 0) is 30.2 Å².